The molecule has 72 valence electrons. The Bertz CT molecular complexity index is 435. The van der Waals surface area contributed by atoms with Crippen LogP contribution in [0.3, 0.4) is 0 Å². The summed E-state index contributed by atoms with van der Waals surface area (Å²) in [6.45, 7) is 3.87. The Morgan fingerprint density at radius 1 is 1.29 bits per heavy atom. The number of Topliss-reactive ketones (excluding diaryl/α,β-unsaturated/α-hetero) is 1. The highest BCUT2D eigenvalue weighted by molar-refractivity contribution is 7.20. The largest absolute Gasteiger partial charge is 0.293 e. The van der Waals surface area contributed by atoms with Crippen molar-refractivity contribution >= 4 is 27.2 Å². The van der Waals surface area contributed by atoms with Crippen LogP contribution in [-0.4, -0.2) is 5.78 Å². The summed E-state index contributed by atoms with van der Waals surface area (Å²) in [6, 6.07) is 10.1. The normalized spacial score (nSPS) is 11.1. The lowest BCUT2D eigenvalue weighted by Crippen LogP contribution is -2.04. The van der Waals surface area contributed by atoms with Crippen LogP contribution in [0.1, 0.15) is 23.5 Å². The second-order valence-corrected chi connectivity index (χ2v) is 4.75. The Balaban J connectivity index is 2.50. The third-order valence-corrected chi connectivity index (χ3v) is 3.32. The Hall–Kier alpha value is -1.15. The van der Waals surface area contributed by atoms with Crippen molar-refractivity contribution in [2.24, 2.45) is 5.92 Å². The molecule has 1 aromatic carbocycles. The van der Waals surface area contributed by atoms with Crippen molar-refractivity contribution in [2.75, 3.05) is 0 Å². The first-order chi connectivity index (χ1) is 6.68. The van der Waals surface area contributed by atoms with E-state index in [1.165, 1.54) is 10.1 Å². The fourth-order valence-electron chi connectivity index (χ4n) is 1.39. The molecular formula is C12H12OS. The molecule has 0 aliphatic rings. The lowest BCUT2D eigenvalue weighted by atomic mass is 10.1. The monoisotopic (exact) mass is 204 g/mol. The Labute approximate surface area is 87.4 Å². The number of rotatable bonds is 2. The second kappa shape index (κ2) is 3.54. The zero-order chi connectivity index (χ0) is 10.1. The van der Waals surface area contributed by atoms with Gasteiger partial charge in [-0.1, -0.05) is 32.0 Å². The Morgan fingerprint density at radius 3 is 2.64 bits per heavy atom. The molecule has 2 rings (SSSR count). The van der Waals surface area contributed by atoms with E-state index >= 15 is 0 Å². The lowest BCUT2D eigenvalue weighted by Gasteiger charge is -1.98. The molecule has 14 heavy (non-hydrogen) atoms. The van der Waals surface area contributed by atoms with Crippen LogP contribution >= 0.6 is 11.3 Å². The molecule has 0 bridgehead atoms. The summed E-state index contributed by atoms with van der Waals surface area (Å²) < 4.78 is 1.19. The first-order valence-corrected chi connectivity index (χ1v) is 5.53. The number of benzene rings is 1. The van der Waals surface area contributed by atoms with Crippen LogP contribution in [-0.2, 0) is 0 Å². The molecule has 0 aliphatic heterocycles. The summed E-state index contributed by atoms with van der Waals surface area (Å²) in [5.41, 5.74) is 0. The topological polar surface area (TPSA) is 17.1 Å². The summed E-state index contributed by atoms with van der Waals surface area (Å²) in [7, 11) is 0. The maximum Gasteiger partial charge on any atom is 0.175 e. The van der Waals surface area contributed by atoms with Gasteiger partial charge in [-0.25, -0.2) is 0 Å². The molecule has 2 aromatic rings. The molecule has 1 heterocycles. The number of ketones is 1. The van der Waals surface area contributed by atoms with Gasteiger partial charge < -0.3 is 0 Å². The standard InChI is InChI=1S/C12H12OS/c1-8(2)12(13)11-7-9-5-3-4-6-10(9)14-11/h3-8H,1-2H3. The predicted octanol–water partition coefficient (Wildman–Crippen LogP) is 3.74. The quantitative estimate of drug-likeness (QED) is 0.681. The van der Waals surface area contributed by atoms with Crippen molar-refractivity contribution < 1.29 is 4.79 Å². The predicted molar refractivity (Wildman–Crippen MR) is 61.0 cm³/mol. The minimum absolute atomic E-state index is 0.0862. The molecule has 0 fully saturated rings. The first-order valence-electron chi connectivity index (χ1n) is 4.71. The molecule has 0 amide bonds. The molecule has 0 N–H and O–H groups in total. The SMILES string of the molecule is CC(C)C(=O)c1cc2ccccc2s1. The zero-order valence-corrected chi connectivity index (χ0v) is 9.10. The van der Waals surface area contributed by atoms with Crippen LogP contribution in [0.5, 0.6) is 0 Å². The van der Waals surface area contributed by atoms with E-state index in [0.29, 0.717) is 0 Å². The molecule has 0 saturated carbocycles. The van der Waals surface area contributed by atoms with Gasteiger partial charge in [0.1, 0.15) is 0 Å². The van der Waals surface area contributed by atoms with Crippen molar-refractivity contribution in [3.05, 3.63) is 35.2 Å². The van der Waals surface area contributed by atoms with E-state index < -0.39 is 0 Å². The van der Waals surface area contributed by atoms with Gasteiger partial charge in [0.15, 0.2) is 5.78 Å². The van der Waals surface area contributed by atoms with Crippen LogP contribution < -0.4 is 0 Å². The van der Waals surface area contributed by atoms with E-state index in [4.69, 9.17) is 0 Å². The number of fused-ring (bicyclic) bond motifs is 1. The van der Waals surface area contributed by atoms with E-state index in [-0.39, 0.29) is 11.7 Å². The highest BCUT2D eigenvalue weighted by atomic mass is 32.1. The molecule has 0 spiro atoms. The van der Waals surface area contributed by atoms with Gasteiger partial charge in [-0.05, 0) is 17.5 Å². The maximum atomic E-state index is 11.7. The summed E-state index contributed by atoms with van der Waals surface area (Å²) in [4.78, 5) is 12.6. The summed E-state index contributed by atoms with van der Waals surface area (Å²) in [5.74, 6) is 0.328. The minimum Gasteiger partial charge on any atom is -0.293 e. The van der Waals surface area contributed by atoms with E-state index in [1.807, 2.05) is 38.1 Å². The molecule has 1 nitrogen and oxygen atoms in total. The van der Waals surface area contributed by atoms with Crippen molar-refractivity contribution in [1.82, 2.24) is 0 Å². The van der Waals surface area contributed by atoms with Gasteiger partial charge in [-0.2, -0.15) is 0 Å². The smallest absolute Gasteiger partial charge is 0.175 e. The number of thiophene rings is 1. The highest BCUT2D eigenvalue weighted by Crippen LogP contribution is 2.26. The zero-order valence-electron chi connectivity index (χ0n) is 8.28. The summed E-state index contributed by atoms with van der Waals surface area (Å²) in [5, 5.41) is 1.17. The van der Waals surface area contributed by atoms with Crippen LogP contribution in [0, 0.1) is 5.92 Å². The lowest BCUT2D eigenvalue weighted by molar-refractivity contribution is 0.0943. The number of hydrogen-bond acceptors (Lipinski definition) is 2. The molecule has 0 saturated heterocycles. The molecular weight excluding hydrogens is 192 g/mol. The van der Waals surface area contributed by atoms with Gasteiger partial charge in [-0.3, -0.25) is 4.79 Å². The highest BCUT2D eigenvalue weighted by Gasteiger charge is 2.12. The fraction of sp³-hybridized carbons (Fsp3) is 0.250. The van der Waals surface area contributed by atoms with Gasteiger partial charge in [0, 0.05) is 10.6 Å². The van der Waals surface area contributed by atoms with Gasteiger partial charge in [0.05, 0.1) is 4.88 Å². The van der Waals surface area contributed by atoms with E-state index in [9.17, 15) is 4.79 Å². The number of carbonyl (C=O) groups excluding carboxylic acids is 1. The number of carbonyl (C=O) groups is 1. The fourth-order valence-corrected chi connectivity index (χ4v) is 2.54. The van der Waals surface area contributed by atoms with Crippen LogP contribution in [0.4, 0.5) is 0 Å². The molecule has 0 atom stereocenters. The van der Waals surface area contributed by atoms with Crippen molar-refractivity contribution in [3.63, 3.8) is 0 Å². The Kier molecular flexibility index (Phi) is 2.38. The summed E-state index contributed by atoms with van der Waals surface area (Å²) >= 11 is 1.58. The summed E-state index contributed by atoms with van der Waals surface area (Å²) in [6.07, 6.45) is 0. The van der Waals surface area contributed by atoms with E-state index in [2.05, 4.69) is 6.07 Å². The minimum atomic E-state index is 0.0862. The van der Waals surface area contributed by atoms with Crippen LogP contribution in [0.2, 0.25) is 0 Å². The third-order valence-electron chi connectivity index (χ3n) is 2.19. The van der Waals surface area contributed by atoms with Crippen molar-refractivity contribution in [1.29, 1.82) is 0 Å². The second-order valence-electron chi connectivity index (χ2n) is 3.67. The first kappa shape index (κ1) is 9.41. The van der Waals surface area contributed by atoms with Gasteiger partial charge in [-0.15, -0.1) is 11.3 Å². The average molecular weight is 204 g/mol. The Morgan fingerprint density at radius 2 is 2.00 bits per heavy atom. The van der Waals surface area contributed by atoms with Crippen LogP contribution in [0.25, 0.3) is 10.1 Å². The van der Waals surface area contributed by atoms with Gasteiger partial charge in [0.25, 0.3) is 0 Å². The molecule has 0 aliphatic carbocycles. The third kappa shape index (κ3) is 1.58. The van der Waals surface area contributed by atoms with Crippen molar-refractivity contribution in [3.8, 4) is 0 Å². The van der Waals surface area contributed by atoms with Crippen molar-refractivity contribution in [2.45, 2.75) is 13.8 Å². The molecule has 0 radical (unpaired) electrons. The molecule has 1 aromatic heterocycles. The molecule has 0 unspecified atom stereocenters. The maximum absolute atomic E-state index is 11.7. The number of hydrogen-bond donors (Lipinski definition) is 0. The molecule has 2 heteroatoms. The van der Waals surface area contributed by atoms with E-state index in [1.54, 1.807) is 11.3 Å². The van der Waals surface area contributed by atoms with E-state index in [0.717, 1.165) is 4.88 Å². The van der Waals surface area contributed by atoms with Gasteiger partial charge >= 0.3 is 0 Å². The van der Waals surface area contributed by atoms with Gasteiger partial charge in [0.2, 0.25) is 0 Å². The van der Waals surface area contributed by atoms with Crippen LogP contribution in [0.15, 0.2) is 30.3 Å². The average Bonchev–Trinajstić information content (AvgIpc) is 2.59.